The Balaban J connectivity index is 1.95. The molecule has 0 bridgehead atoms. The van der Waals surface area contributed by atoms with Gasteiger partial charge in [-0.05, 0) is 25.7 Å². The molecule has 13 heavy (non-hydrogen) atoms. The first kappa shape index (κ1) is 9.19. The van der Waals surface area contributed by atoms with Gasteiger partial charge in [-0.1, -0.05) is 12.2 Å². The maximum Gasteiger partial charge on any atom is 0.181 e. The van der Waals surface area contributed by atoms with E-state index >= 15 is 0 Å². The van der Waals surface area contributed by atoms with Crippen LogP contribution in [0.25, 0.3) is 0 Å². The van der Waals surface area contributed by atoms with E-state index < -0.39 is 0 Å². The van der Waals surface area contributed by atoms with Crippen LogP contribution in [-0.4, -0.2) is 30.2 Å². The fourth-order valence-electron chi connectivity index (χ4n) is 1.95. The first-order chi connectivity index (χ1) is 6.40. The Bertz CT molecular complexity index is 173. The van der Waals surface area contributed by atoms with Crippen molar-refractivity contribution in [1.82, 2.24) is 0 Å². The summed E-state index contributed by atoms with van der Waals surface area (Å²) < 4.78 is 11.1. The van der Waals surface area contributed by atoms with Gasteiger partial charge in [0, 0.05) is 0 Å². The topological polar surface area (TPSA) is 38.7 Å². The molecule has 3 atom stereocenters. The third kappa shape index (κ3) is 2.10. The van der Waals surface area contributed by atoms with E-state index in [1.165, 1.54) is 0 Å². The SMILES string of the molecule is OCC1OC2CC/C=C/CC[C@H]2O1. The predicted octanol–water partition coefficient (Wildman–Crippen LogP) is 1.22. The predicted molar refractivity (Wildman–Crippen MR) is 48.2 cm³/mol. The van der Waals surface area contributed by atoms with Gasteiger partial charge in [0.25, 0.3) is 0 Å². The normalized spacial score (nSPS) is 42.1. The number of allylic oxidation sites excluding steroid dienone is 2. The van der Waals surface area contributed by atoms with Crippen LogP contribution >= 0.6 is 0 Å². The molecule has 1 N–H and O–H groups in total. The second kappa shape index (κ2) is 4.22. The van der Waals surface area contributed by atoms with Crippen LogP contribution < -0.4 is 0 Å². The van der Waals surface area contributed by atoms with Gasteiger partial charge < -0.3 is 14.6 Å². The smallest absolute Gasteiger partial charge is 0.181 e. The molecule has 1 saturated heterocycles. The highest BCUT2D eigenvalue weighted by Gasteiger charge is 2.34. The Kier molecular flexibility index (Phi) is 2.98. The van der Waals surface area contributed by atoms with Gasteiger partial charge in [0.05, 0.1) is 18.8 Å². The second-order valence-electron chi connectivity index (χ2n) is 3.59. The molecule has 0 aromatic heterocycles. The summed E-state index contributed by atoms with van der Waals surface area (Å²) in [5, 5.41) is 8.89. The third-order valence-electron chi connectivity index (χ3n) is 2.62. The summed E-state index contributed by atoms with van der Waals surface area (Å²) in [6.07, 6.45) is 8.55. The van der Waals surface area contributed by atoms with Crippen molar-refractivity contribution in [1.29, 1.82) is 0 Å². The van der Waals surface area contributed by atoms with Gasteiger partial charge in [0.15, 0.2) is 6.29 Å². The zero-order valence-corrected chi connectivity index (χ0v) is 7.69. The molecule has 3 heteroatoms. The van der Waals surface area contributed by atoms with Crippen molar-refractivity contribution in [3.8, 4) is 0 Å². The Morgan fingerprint density at radius 1 is 1.08 bits per heavy atom. The summed E-state index contributed by atoms with van der Waals surface area (Å²) in [5.41, 5.74) is 0. The second-order valence-corrected chi connectivity index (χ2v) is 3.59. The van der Waals surface area contributed by atoms with Gasteiger partial charge in [0.1, 0.15) is 0 Å². The molecule has 1 fully saturated rings. The highest BCUT2D eigenvalue weighted by molar-refractivity contribution is 4.90. The molecule has 1 heterocycles. The van der Waals surface area contributed by atoms with Crippen molar-refractivity contribution in [2.45, 2.75) is 44.2 Å². The van der Waals surface area contributed by atoms with Crippen LogP contribution in [-0.2, 0) is 9.47 Å². The Hall–Kier alpha value is -0.380. The maximum absolute atomic E-state index is 8.89. The number of rotatable bonds is 1. The molecule has 74 valence electrons. The van der Waals surface area contributed by atoms with E-state index in [2.05, 4.69) is 12.2 Å². The molecule has 2 rings (SSSR count). The van der Waals surface area contributed by atoms with E-state index in [0.717, 1.165) is 25.7 Å². The molecule has 3 nitrogen and oxygen atoms in total. The van der Waals surface area contributed by atoms with Crippen molar-refractivity contribution in [2.75, 3.05) is 6.61 Å². The van der Waals surface area contributed by atoms with Crippen molar-refractivity contribution in [3.63, 3.8) is 0 Å². The van der Waals surface area contributed by atoms with Crippen LogP contribution in [0.5, 0.6) is 0 Å². The van der Waals surface area contributed by atoms with Crippen LogP contribution in [0.4, 0.5) is 0 Å². The maximum atomic E-state index is 8.89. The van der Waals surface area contributed by atoms with Gasteiger partial charge in [-0.25, -0.2) is 0 Å². The molecule has 2 aliphatic rings. The number of aliphatic hydroxyl groups excluding tert-OH is 1. The zero-order valence-electron chi connectivity index (χ0n) is 7.69. The Morgan fingerprint density at radius 3 is 2.08 bits per heavy atom. The van der Waals surface area contributed by atoms with Crippen LogP contribution in [0.3, 0.4) is 0 Å². The average molecular weight is 184 g/mol. The minimum atomic E-state index is -0.381. The molecule has 0 saturated carbocycles. The molecule has 0 aromatic carbocycles. The molecule has 2 unspecified atom stereocenters. The zero-order chi connectivity index (χ0) is 9.10. The first-order valence-corrected chi connectivity index (χ1v) is 4.97. The summed E-state index contributed by atoms with van der Waals surface area (Å²) in [5.74, 6) is 0. The van der Waals surface area contributed by atoms with Crippen LogP contribution in [0.2, 0.25) is 0 Å². The number of hydrogen-bond acceptors (Lipinski definition) is 3. The average Bonchev–Trinajstić information content (AvgIpc) is 2.47. The summed E-state index contributed by atoms with van der Waals surface area (Å²) in [6, 6.07) is 0. The molecular formula is C10H16O3. The molecule has 0 amide bonds. The summed E-state index contributed by atoms with van der Waals surface area (Å²) in [6.45, 7) is -0.0274. The van der Waals surface area contributed by atoms with Gasteiger partial charge in [0.2, 0.25) is 0 Å². The summed E-state index contributed by atoms with van der Waals surface area (Å²) in [7, 11) is 0. The highest BCUT2D eigenvalue weighted by atomic mass is 16.7. The number of fused-ring (bicyclic) bond motifs is 1. The molecule has 1 aliphatic carbocycles. The largest absolute Gasteiger partial charge is 0.391 e. The lowest BCUT2D eigenvalue weighted by Crippen LogP contribution is -2.22. The molecule has 1 aliphatic heterocycles. The van der Waals surface area contributed by atoms with Crippen LogP contribution in [0.15, 0.2) is 12.2 Å². The van der Waals surface area contributed by atoms with E-state index in [0.29, 0.717) is 0 Å². The monoisotopic (exact) mass is 184 g/mol. The van der Waals surface area contributed by atoms with E-state index in [9.17, 15) is 0 Å². The fourth-order valence-corrected chi connectivity index (χ4v) is 1.95. The van der Waals surface area contributed by atoms with Crippen LogP contribution in [0, 0.1) is 0 Å². The number of ether oxygens (including phenoxy) is 2. The summed E-state index contributed by atoms with van der Waals surface area (Å²) in [4.78, 5) is 0. The van der Waals surface area contributed by atoms with E-state index in [4.69, 9.17) is 14.6 Å². The van der Waals surface area contributed by atoms with Gasteiger partial charge in [-0.2, -0.15) is 0 Å². The lowest BCUT2D eigenvalue weighted by atomic mass is 10.0. The van der Waals surface area contributed by atoms with Crippen LogP contribution in [0.1, 0.15) is 25.7 Å². The van der Waals surface area contributed by atoms with E-state index in [-0.39, 0.29) is 25.1 Å². The Morgan fingerprint density at radius 2 is 1.62 bits per heavy atom. The lowest BCUT2D eigenvalue weighted by molar-refractivity contribution is -0.0958. The van der Waals surface area contributed by atoms with E-state index in [1.54, 1.807) is 0 Å². The molecular weight excluding hydrogens is 168 g/mol. The highest BCUT2D eigenvalue weighted by Crippen LogP contribution is 2.27. The number of hydrogen-bond donors (Lipinski definition) is 1. The van der Waals surface area contributed by atoms with Gasteiger partial charge in [-0.15, -0.1) is 0 Å². The van der Waals surface area contributed by atoms with Crippen molar-refractivity contribution < 1.29 is 14.6 Å². The van der Waals surface area contributed by atoms with Crippen molar-refractivity contribution >= 4 is 0 Å². The van der Waals surface area contributed by atoms with Gasteiger partial charge >= 0.3 is 0 Å². The number of aliphatic hydroxyl groups is 1. The molecule has 0 aromatic rings. The molecule has 0 spiro atoms. The van der Waals surface area contributed by atoms with E-state index in [1.807, 2.05) is 0 Å². The standard InChI is InChI=1S/C10H16O3/c11-7-10-12-8-5-3-1-2-4-6-9(8)13-10/h1-2,8-11H,3-7H2/b2-1+/t8-,9?,10?/m1/s1. The van der Waals surface area contributed by atoms with Crippen molar-refractivity contribution in [2.24, 2.45) is 0 Å². The minimum Gasteiger partial charge on any atom is -0.391 e. The minimum absolute atomic E-state index is 0.0274. The fraction of sp³-hybridized carbons (Fsp3) is 0.800. The van der Waals surface area contributed by atoms with Crippen molar-refractivity contribution in [3.05, 3.63) is 12.2 Å². The third-order valence-corrected chi connectivity index (χ3v) is 2.62. The quantitative estimate of drug-likeness (QED) is 0.623. The van der Waals surface area contributed by atoms with Gasteiger partial charge in [-0.3, -0.25) is 0 Å². The first-order valence-electron chi connectivity index (χ1n) is 4.97. The summed E-state index contributed by atoms with van der Waals surface area (Å²) >= 11 is 0. The Labute approximate surface area is 78.3 Å². The lowest BCUT2D eigenvalue weighted by Gasteiger charge is -2.16. The molecule has 0 radical (unpaired) electrons.